The van der Waals surface area contributed by atoms with Crippen LogP contribution in [0.15, 0.2) is 54.6 Å². The summed E-state index contributed by atoms with van der Waals surface area (Å²) in [5, 5.41) is 10.2. The van der Waals surface area contributed by atoms with Gasteiger partial charge < -0.3 is 9.84 Å². The maximum Gasteiger partial charge on any atom is 0.296 e. The van der Waals surface area contributed by atoms with Gasteiger partial charge in [0, 0.05) is 12.4 Å². The van der Waals surface area contributed by atoms with Crippen LogP contribution >= 0.6 is 0 Å². The van der Waals surface area contributed by atoms with Crippen LogP contribution in [-0.4, -0.2) is 32.9 Å². The van der Waals surface area contributed by atoms with E-state index >= 15 is 0 Å². The molecular weight excluding hydrogens is 320 g/mol. The smallest absolute Gasteiger partial charge is 0.296 e. The minimum atomic E-state index is -0.695. The molecule has 0 aliphatic carbocycles. The zero-order valence-corrected chi connectivity index (χ0v) is 14.0. The number of hydrogen-bond acceptors (Lipinski definition) is 5. The van der Waals surface area contributed by atoms with Crippen LogP contribution in [0.4, 0.5) is 0 Å². The second-order valence-corrected chi connectivity index (χ2v) is 5.97. The molecule has 1 N–H and O–H groups in total. The monoisotopic (exact) mass is 338 g/mol. The molecule has 0 spiro atoms. The number of aromatic nitrogens is 1. The molecule has 0 unspecified atom stereocenters. The van der Waals surface area contributed by atoms with E-state index in [1.807, 2.05) is 13.8 Å². The Labute approximate surface area is 145 Å². The lowest BCUT2D eigenvalue weighted by atomic mass is 10.1. The summed E-state index contributed by atoms with van der Waals surface area (Å²) >= 11 is 0. The number of ether oxygens (including phenoxy) is 1. The maximum atomic E-state index is 12.6. The van der Waals surface area contributed by atoms with Gasteiger partial charge in [0.1, 0.15) is 5.75 Å². The third-order valence-electron chi connectivity index (χ3n) is 3.75. The summed E-state index contributed by atoms with van der Waals surface area (Å²) in [6.45, 7) is 3.92. The molecule has 2 heterocycles. The van der Waals surface area contributed by atoms with E-state index in [1.165, 1.54) is 0 Å². The Morgan fingerprint density at radius 2 is 1.68 bits per heavy atom. The molecule has 2 amide bonds. The zero-order valence-electron chi connectivity index (χ0n) is 14.0. The second-order valence-electron chi connectivity index (χ2n) is 5.97. The molecule has 6 heteroatoms. The molecule has 1 aliphatic heterocycles. The van der Waals surface area contributed by atoms with Gasteiger partial charge in [-0.25, -0.2) is 0 Å². The van der Waals surface area contributed by atoms with Crippen molar-refractivity contribution in [1.82, 2.24) is 9.88 Å². The average molecular weight is 338 g/mol. The van der Waals surface area contributed by atoms with Crippen LogP contribution in [0, 0.1) is 0 Å². The molecule has 0 saturated carbocycles. The van der Waals surface area contributed by atoms with Gasteiger partial charge in [0.05, 0.1) is 18.2 Å². The number of hydrogen-bond donors (Lipinski definition) is 1. The van der Waals surface area contributed by atoms with Crippen LogP contribution in [-0.2, 0) is 16.1 Å². The number of carbonyl (C=O) groups excluding carboxylic acids is 2. The standard InChI is InChI=1S/C19H18N2O4/c1-12(2)25-15-5-3-14(4-6-15)16-17(22)19(24)21(18(16)23)11-13-7-9-20-10-8-13/h3-10,12,22H,11H2,1-2H3. The zero-order chi connectivity index (χ0) is 18.0. The first kappa shape index (κ1) is 16.7. The minimum Gasteiger partial charge on any atom is -0.502 e. The summed E-state index contributed by atoms with van der Waals surface area (Å²) in [6.07, 6.45) is 3.20. The predicted octanol–water partition coefficient (Wildman–Crippen LogP) is 2.71. The van der Waals surface area contributed by atoms with Crippen LogP contribution in [0.5, 0.6) is 5.75 Å². The molecular formula is C19H18N2O4. The molecule has 3 rings (SSSR count). The molecule has 1 aromatic heterocycles. The molecule has 128 valence electrons. The van der Waals surface area contributed by atoms with E-state index in [4.69, 9.17) is 4.74 Å². The fourth-order valence-electron chi connectivity index (χ4n) is 2.61. The third-order valence-corrected chi connectivity index (χ3v) is 3.75. The molecule has 25 heavy (non-hydrogen) atoms. The topological polar surface area (TPSA) is 79.7 Å². The highest BCUT2D eigenvalue weighted by molar-refractivity contribution is 6.34. The summed E-state index contributed by atoms with van der Waals surface area (Å²) in [7, 11) is 0. The Morgan fingerprint density at radius 3 is 2.28 bits per heavy atom. The highest BCUT2D eigenvalue weighted by Gasteiger charge is 2.39. The normalized spacial score (nSPS) is 14.6. The van der Waals surface area contributed by atoms with Crippen LogP contribution in [0.2, 0.25) is 0 Å². The van der Waals surface area contributed by atoms with E-state index < -0.39 is 17.6 Å². The van der Waals surface area contributed by atoms with Crippen LogP contribution in [0.3, 0.4) is 0 Å². The highest BCUT2D eigenvalue weighted by atomic mass is 16.5. The van der Waals surface area contributed by atoms with Gasteiger partial charge in [-0.1, -0.05) is 12.1 Å². The number of carbonyl (C=O) groups is 2. The van der Waals surface area contributed by atoms with Gasteiger partial charge in [-0.2, -0.15) is 0 Å². The van der Waals surface area contributed by atoms with E-state index in [0.717, 1.165) is 10.5 Å². The van der Waals surface area contributed by atoms with E-state index in [-0.39, 0.29) is 18.2 Å². The second kappa shape index (κ2) is 6.76. The molecule has 0 bridgehead atoms. The van der Waals surface area contributed by atoms with Gasteiger partial charge in [0.15, 0.2) is 5.76 Å². The van der Waals surface area contributed by atoms with Gasteiger partial charge in [0.25, 0.3) is 11.8 Å². The molecule has 6 nitrogen and oxygen atoms in total. The summed E-state index contributed by atoms with van der Waals surface area (Å²) in [5.74, 6) is -1.09. The first-order valence-electron chi connectivity index (χ1n) is 7.93. The van der Waals surface area contributed by atoms with E-state index in [0.29, 0.717) is 11.3 Å². The lowest BCUT2D eigenvalue weighted by Gasteiger charge is -2.14. The number of imide groups is 1. The van der Waals surface area contributed by atoms with Crippen molar-refractivity contribution in [3.05, 3.63) is 65.7 Å². The minimum absolute atomic E-state index is 0.00940. The van der Waals surface area contributed by atoms with Crippen LogP contribution < -0.4 is 4.74 Å². The fourth-order valence-corrected chi connectivity index (χ4v) is 2.61. The van der Waals surface area contributed by atoms with Crippen molar-refractivity contribution < 1.29 is 19.4 Å². The molecule has 0 fully saturated rings. The first-order valence-corrected chi connectivity index (χ1v) is 7.93. The number of amides is 2. The van der Waals surface area contributed by atoms with Crippen LogP contribution in [0.1, 0.15) is 25.0 Å². The summed E-state index contributed by atoms with van der Waals surface area (Å²) in [5.41, 5.74) is 1.24. The molecule has 2 aromatic rings. The Kier molecular flexibility index (Phi) is 4.52. The van der Waals surface area contributed by atoms with Gasteiger partial charge in [-0.3, -0.25) is 19.5 Å². The van der Waals surface area contributed by atoms with Crippen molar-refractivity contribution in [2.45, 2.75) is 26.5 Å². The van der Waals surface area contributed by atoms with E-state index in [2.05, 4.69) is 4.98 Å². The largest absolute Gasteiger partial charge is 0.502 e. The van der Waals surface area contributed by atoms with Crippen molar-refractivity contribution in [1.29, 1.82) is 0 Å². The van der Waals surface area contributed by atoms with Gasteiger partial charge in [0.2, 0.25) is 0 Å². The summed E-state index contributed by atoms with van der Waals surface area (Å²) in [6, 6.07) is 10.2. The molecule has 1 aromatic carbocycles. The molecule has 0 radical (unpaired) electrons. The number of rotatable bonds is 5. The Morgan fingerprint density at radius 1 is 1.04 bits per heavy atom. The number of aliphatic hydroxyl groups is 1. The number of benzene rings is 1. The van der Waals surface area contributed by atoms with Gasteiger partial charge in [-0.15, -0.1) is 0 Å². The first-order chi connectivity index (χ1) is 12.0. The average Bonchev–Trinajstić information content (AvgIpc) is 2.80. The molecule has 1 aliphatic rings. The SMILES string of the molecule is CC(C)Oc1ccc(C2=C(O)C(=O)N(Cc3ccncc3)C2=O)cc1. The third kappa shape index (κ3) is 3.38. The predicted molar refractivity (Wildman–Crippen MR) is 91.5 cm³/mol. The number of nitrogens with zero attached hydrogens (tertiary/aromatic N) is 2. The van der Waals surface area contributed by atoms with Gasteiger partial charge >= 0.3 is 0 Å². The molecule has 0 saturated heterocycles. The lowest BCUT2D eigenvalue weighted by molar-refractivity contribution is -0.138. The van der Waals surface area contributed by atoms with Gasteiger partial charge in [-0.05, 0) is 49.2 Å². The Bertz CT molecular complexity index is 826. The Balaban J connectivity index is 1.84. The lowest BCUT2D eigenvalue weighted by Crippen LogP contribution is -2.31. The number of aliphatic hydroxyl groups excluding tert-OH is 1. The summed E-state index contributed by atoms with van der Waals surface area (Å²) < 4.78 is 5.56. The molecule has 0 atom stereocenters. The summed E-state index contributed by atoms with van der Waals surface area (Å²) in [4.78, 5) is 29.8. The van der Waals surface area contributed by atoms with E-state index in [9.17, 15) is 14.7 Å². The van der Waals surface area contributed by atoms with Crippen molar-refractivity contribution in [2.24, 2.45) is 0 Å². The van der Waals surface area contributed by atoms with Crippen molar-refractivity contribution in [2.75, 3.05) is 0 Å². The fraction of sp³-hybridized carbons (Fsp3) is 0.211. The maximum absolute atomic E-state index is 12.6. The van der Waals surface area contributed by atoms with Crippen molar-refractivity contribution >= 4 is 17.4 Å². The number of pyridine rings is 1. The van der Waals surface area contributed by atoms with Crippen molar-refractivity contribution in [3.8, 4) is 5.75 Å². The highest BCUT2D eigenvalue weighted by Crippen LogP contribution is 2.30. The quantitative estimate of drug-likeness (QED) is 0.848. The van der Waals surface area contributed by atoms with E-state index in [1.54, 1.807) is 48.8 Å². The Hall–Kier alpha value is -3.15. The van der Waals surface area contributed by atoms with Crippen LogP contribution in [0.25, 0.3) is 5.57 Å². The van der Waals surface area contributed by atoms with Crippen molar-refractivity contribution in [3.63, 3.8) is 0 Å².